The Labute approximate surface area is 190 Å². The molecule has 6 rings (SSSR count). The second-order valence-corrected chi connectivity index (χ2v) is 9.87. The van der Waals surface area contributed by atoms with Crippen molar-refractivity contribution in [1.29, 1.82) is 5.26 Å². The van der Waals surface area contributed by atoms with Gasteiger partial charge in [-0.05, 0) is 55.7 Å². The minimum absolute atomic E-state index is 0.120. The Morgan fingerprint density at radius 3 is 2.84 bits per heavy atom. The SMILES string of the molecule is N#CC1=C2N=C(N)c3c(sc4c3CCCCC4)N2C2=C(C(=O)CCC2)C1c1cccnc1. The fraction of sp³-hybridized carbons (Fsp3) is 0.360. The lowest BCUT2D eigenvalue weighted by molar-refractivity contribution is -0.116. The Hall–Kier alpha value is -3.24. The highest BCUT2D eigenvalue weighted by molar-refractivity contribution is 7.17. The van der Waals surface area contributed by atoms with Crippen molar-refractivity contribution in [2.75, 3.05) is 4.90 Å². The van der Waals surface area contributed by atoms with Crippen molar-refractivity contribution in [3.63, 3.8) is 0 Å². The Morgan fingerprint density at radius 1 is 1.16 bits per heavy atom. The van der Waals surface area contributed by atoms with E-state index in [2.05, 4.69) is 16.0 Å². The Bertz CT molecular complexity index is 1280. The first-order chi connectivity index (χ1) is 15.7. The maximum Gasteiger partial charge on any atom is 0.161 e. The molecule has 0 bridgehead atoms. The molecule has 2 aromatic rings. The highest BCUT2D eigenvalue weighted by atomic mass is 32.1. The summed E-state index contributed by atoms with van der Waals surface area (Å²) in [5.41, 5.74) is 11.9. The van der Waals surface area contributed by atoms with Crippen LogP contribution in [-0.2, 0) is 17.6 Å². The van der Waals surface area contributed by atoms with Crippen LogP contribution in [0.5, 0.6) is 0 Å². The van der Waals surface area contributed by atoms with Crippen molar-refractivity contribution in [3.05, 3.63) is 68.8 Å². The highest BCUT2D eigenvalue weighted by Gasteiger charge is 2.44. The number of carbonyl (C=O) groups excluding carboxylic acids is 1. The molecule has 7 heteroatoms. The van der Waals surface area contributed by atoms with E-state index >= 15 is 0 Å². The number of aliphatic imine (C=N–C) groups is 1. The van der Waals surface area contributed by atoms with E-state index in [9.17, 15) is 10.1 Å². The smallest absolute Gasteiger partial charge is 0.161 e. The highest BCUT2D eigenvalue weighted by Crippen LogP contribution is 2.52. The second kappa shape index (κ2) is 7.42. The van der Waals surface area contributed by atoms with Crippen LogP contribution >= 0.6 is 11.3 Å². The number of ketones is 1. The summed E-state index contributed by atoms with van der Waals surface area (Å²) < 4.78 is 0. The van der Waals surface area contributed by atoms with Gasteiger partial charge in [-0.3, -0.25) is 14.7 Å². The summed E-state index contributed by atoms with van der Waals surface area (Å²) in [6.45, 7) is 0. The lowest BCUT2D eigenvalue weighted by Gasteiger charge is -2.40. The van der Waals surface area contributed by atoms with E-state index in [1.54, 1.807) is 23.7 Å². The van der Waals surface area contributed by atoms with E-state index in [1.807, 2.05) is 12.1 Å². The first kappa shape index (κ1) is 19.4. The number of fused-ring (bicyclic) bond motifs is 6. The van der Waals surface area contributed by atoms with Crippen molar-refractivity contribution in [2.24, 2.45) is 10.7 Å². The summed E-state index contributed by atoms with van der Waals surface area (Å²) in [5, 5.41) is 11.3. The molecule has 0 saturated carbocycles. The number of aryl methyl sites for hydroxylation is 1. The van der Waals surface area contributed by atoms with Crippen LogP contribution in [0.15, 0.2) is 52.2 Å². The van der Waals surface area contributed by atoms with Crippen molar-refractivity contribution in [2.45, 2.75) is 57.3 Å². The predicted octanol–water partition coefficient (Wildman–Crippen LogP) is 4.48. The quantitative estimate of drug-likeness (QED) is 0.659. The number of pyridine rings is 1. The van der Waals surface area contributed by atoms with Crippen molar-refractivity contribution < 1.29 is 4.79 Å². The lowest BCUT2D eigenvalue weighted by Crippen LogP contribution is -2.38. The number of rotatable bonds is 1. The molecule has 6 nitrogen and oxygen atoms in total. The van der Waals surface area contributed by atoms with E-state index in [4.69, 9.17) is 10.7 Å². The molecular weight excluding hydrogens is 418 g/mol. The van der Waals surface area contributed by atoms with E-state index in [-0.39, 0.29) is 5.78 Å². The topological polar surface area (TPSA) is 95.4 Å². The van der Waals surface area contributed by atoms with Gasteiger partial charge < -0.3 is 5.73 Å². The molecular formula is C25H23N5OS. The number of hydrogen-bond donors (Lipinski definition) is 1. The molecule has 0 amide bonds. The van der Waals surface area contributed by atoms with Gasteiger partial charge in [0.1, 0.15) is 10.8 Å². The number of thiophene rings is 1. The largest absolute Gasteiger partial charge is 0.383 e. The van der Waals surface area contributed by atoms with Gasteiger partial charge in [-0.1, -0.05) is 12.5 Å². The van der Waals surface area contributed by atoms with Gasteiger partial charge in [0.05, 0.1) is 23.1 Å². The van der Waals surface area contributed by atoms with E-state index in [1.165, 1.54) is 23.3 Å². The summed E-state index contributed by atoms with van der Waals surface area (Å²) in [5.74, 6) is 0.749. The van der Waals surface area contributed by atoms with Crippen molar-refractivity contribution >= 4 is 28.0 Å². The molecule has 2 aromatic heterocycles. The third-order valence-electron chi connectivity index (χ3n) is 6.96. The monoisotopic (exact) mass is 441 g/mol. The molecule has 1 unspecified atom stereocenters. The zero-order valence-corrected chi connectivity index (χ0v) is 18.5. The van der Waals surface area contributed by atoms with Gasteiger partial charge in [0.25, 0.3) is 0 Å². The zero-order chi connectivity index (χ0) is 21.8. The fourth-order valence-corrected chi connectivity index (χ4v) is 7.00. The zero-order valence-electron chi connectivity index (χ0n) is 17.7. The number of nitrogens with two attached hydrogens (primary N) is 1. The van der Waals surface area contributed by atoms with Crippen LogP contribution in [0.1, 0.15) is 66.0 Å². The number of Topliss-reactive ketones (excluding diaryl/α,β-unsaturated/α-hetero) is 1. The van der Waals surface area contributed by atoms with Gasteiger partial charge in [0, 0.05) is 35.0 Å². The van der Waals surface area contributed by atoms with E-state index in [0.717, 1.165) is 59.5 Å². The molecule has 4 heterocycles. The molecule has 2 N–H and O–H groups in total. The number of aromatic nitrogens is 1. The third kappa shape index (κ3) is 2.72. The van der Waals surface area contributed by atoms with Crippen LogP contribution in [0.3, 0.4) is 0 Å². The van der Waals surface area contributed by atoms with Gasteiger partial charge in [-0.2, -0.15) is 5.26 Å². The molecule has 0 spiro atoms. The van der Waals surface area contributed by atoms with Gasteiger partial charge in [-0.25, -0.2) is 4.99 Å². The predicted molar refractivity (Wildman–Crippen MR) is 124 cm³/mol. The summed E-state index contributed by atoms with van der Waals surface area (Å²) in [4.78, 5) is 25.8. The van der Waals surface area contributed by atoms with Crippen LogP contribution in [0, 0.1) is 11.3 Å². The van der Waals surface area contributed by atoms with Gasteiger partial charge in [0.2, 0.25) is 0 Å². The Kier molecular flexibility index (Phi) is 4.51. The molecule has 4 aliphatic rings. The molecule has 0 radical (unpaired) electrons. The number of carbonyl (C=O) groups is 1. The van der Waals surface area contributed by atoms with Gasteiger partial charge >= 0.3 is 0 Å². The Morgan fingerprint density at radius 2 is 2.03 bits per heavy atom. The summed E-state index contributed by atoms with van der Waals surface area (Å²) >= 11 is 1.77. The van der Waals surface area contributed by atoms with E-state index < -0.39 is 5.92 Å². The number of amidine groups is 1. The maximum absolute atomic E-state index is 13.3. The van der Waals surface area contributed by atoms with Crippen LogP contribution in [0.4, 0.5) is 5.00 Å². The normalized spacial score (nSPS) is 22.3. The molecule has 0 saturated heterocycles. The lowest BCUT2D eigenvalue weighted by atomic mass is 9.76. The van der Waals surface area contributed by atoms with Crippen molar-refractivity contribution in [1.82, 2.24) is 4.98 Å². The number of nitriles is 1. The minimum atomic E-state index is -0.446. The first-order valence-electron chi connectivity index (χ1n) is 11.3. The number of hydrogen-bond acceptors (Lipinski definition) is 7. The van der Waals surface area contributed by atoms with Crippen LogP contribution in [-0.4, -0.2) is 16.6 Å². The van der Waals surface area contributed by atoms with Crippen LogP contribution < -0.4 is 10.6 Å². The first-order valence-corrected chi connectivity index (χ1v) is 12.1. The molecule has 0 fully saturated rings. The van der Waals surface area contributed by atoms with Crippen LogP contribution in [0.25, 0.3) is 0 Å². The average Bonchev–Trinajstić information content (AvgIpc) is 3.02. The Balaban J connectivity index is 1.64. The molecule has 0 aromatic carbocycles. The molecule has 2 aliphatic heterocycles. The van der Waals surface area contributed by atoms with Crippen LogP contribution in [0.2, 0.25) is 0 Å². The third-order valence-corrected chi connectivity index (χ3v) is 8.23. The number of anilines is 1. The average molecular weight is 442 g/mol. The van der Waals surface area contributed by atoms with Gasteiger partial charge in [-0.15, -0.1) is 11.3 Å². The number of nitrogens with zero attached hydrogens (tertiary/aromatic N) is 4. The summed E-state index contributed by atoms with van der Waals surface area (Å²) in [7, 11) is 0. The standard InChI is InChI=1S/C25H23N5OS/c26-12-16-20(14-6-5-11-28-13-14)22-17(8-4-9-18(22)31)30-24(16)29-23(27)21-15-7-2-1-3-10-19(15)32-25(21)30/h5-6,11,13,20H,1-4,7-10H2,(H2,27,29). The second-order valence-electron chi connectivity index (χ2n) is 8.78. The maximum atomic E-state index is 13.3. The van der Waals surface area contributed by atoms with Crippen molar-refractivity contribution in [3.8, 4) is 6.07 Å². The number of allylic oxidation sites excluding steroid dienone is 3. The van der Waals surface area contributed by atoms with E-state index in [0.29, 0.717) is 23.7 Å². The summed E-state index contributed by atoms with van der Waals surface area (Å²) in [6.07, 6.45) is 11.2. The molecule has 1 atom stereocenters. The van der Waals surface area contributed by atoms with Gasteiger partial charge in [0.15, 0.2) is 11.6 Å². The fourth-order valence-electron chi connectivity index (χ4n) is 5.57. The minimum Gasteiger partial charge on any atom is -0.383 e. The molecule has 160 valence electrons. The summed E-state index contributed by atoms with van der Waals surface area (Å²) in [6, 6.07) is 6.18. The molecule has 32 heavy (non-hydrogen) atoms. The molecule has 2 aliphatic carbocycles.